The Bertz CT molecular complexity index is 365. The predicted octanol–water partition coefficient (Wildman–Crippen LogP) is 1.80. The van der Waals surface area contributed by atoms with Gasteiger partial charge in [0, 0.05) is 11.8 Å². The van der Waals surface area contributed by atoms with E-state index in [0.29, 0.717) is 18.9 Å². The van der Waals surface area contributed by atoms with E-state index in [1.807, 2.05) is 32.0 Å². The third kappa shape index (κ3) is 2.87. The van der Waals surface area contributed by atoms with Crippen LogP contribution in [0, 0.1) is 0 Å². The van der Waals surface area contributed by atoms with Gasteiger partial charge < -0.3 is 19.9 Å². The van der Waals surface area contributed by atoms with Crippen LogP contribution in [0.15, 0.2) is 24.3 Å². The van der Waals surface area contributed by atoms with Crippen LogP contribution in [-0.4, -0.2) is 25.1 Å². The highest BCUT2D eigenvalue weighted by Crippen LogP contribution is 2.23. The number of nitrogens with two attached hydrogens (primary N) is 1. The predicted molar refractivity (Wildman–Crippen MR) is 61.3 cm³/mol. The third-order valence-corrected chi connectivity index (χ3v) is 2.36. The first-order valence-corrected chi connectivity index (χ1v) is 5.35. The van der Waals surface area contributed by atoms with Crippen LogP contribution in [0.4, 0.5) is 5.69 Å². The molecule has 0 saturated carbocycles. The molecule has 0 aliphatic carbocycles. The quantitative estimate of drug-likeness (QED) is 0.794. The fourth-order valence-corrected chi connectivity index (χ4v) is 1.64. The van der Waals surface area contributed by atoms with Crippen LogP contribution in [0.1, 0.15) is 13.8 Å². The molecule has 2 rings (SSSR count). The summed E-state index contributed by atoms with van der Waals surface area (Å²) >= 11 is 0. The van der Waals surface area contributed by atoms with Gasteiger partial charge >= 0.3 is 0 Å². The maximum absolute atomic E-state index is 5.65. The zero-order valence-corrected chi connectivity index (χ0v) is 9.60. The second-order valence-electron chi connectivity index (χ2n) is 4.33. The molecule has 0 aromatic heterocycles. The van der Waals surface area contributed by atoms with Crippen molar-refractivity contribution in [2.45, 2.75) is 25.7 Å². The molecule has 0 spiro atoms. The van der Waals surface area contributed by atoms with Crippen LogP contribution in [0.2, 0.25) is 0 Å². The normalized spacial score (nSPS) is 23.2. The van der Waals surface area contributed by atoms with Gasteiger partial charge in [0.1, 0.15) is 18.5 Å². The number of nitrogen functional groups attached to an aromatic ring is 1. The summed E-state index contributed by atoms with van der Waals surface area (Å²) in [5.41, 5.74) is 6.35. The lowest BCUT2D eigenvalue weighted by atomic mass is 10.3. The molecule has 1 atom stereocenters. The monoisotopic (exact) mass is 223 g/mol. The number of benzene rings is 1. The summed E-state index contributed by atoms with van der Waals surface area (Å²) in [6.45, 7) is 4.84. The highest BCUT2D eigenvalue weighted by Gasteiger charge is 2.32. The molecule has 1 aromatic rings. The maximum Gasteiger partial charge on any atom is 0.163 e. The van der Waals surface area contributed by atoms with Crippen molar-refractivity contribution < 1.29 is 14.2 Å². The topological polar surface area (TPSA) is 53.7 Å². The molecule has 1 aliphatic rings. The van der Waals surface area contributed by atoms with Crippen LogP contribution < -0.4 is 10.5 Å². The van der Waals surface area contributed by atoms with Crippen molar-refractivity contribution in [1.29, 1.82) is 0 Å². The van der Waals surface area contributed by atoms with Crippen LogP contribution in [0.25, 0.3) is 0 Å². The van der Waals surface area contributed by atoms with E-state index in [1.165, 1.54) is 0 Å². The lowest BCUT2D eigenvalue weighted by Crippen LogP contribution is -2.25. The largest absolute Gasteiger partial charge is 0.491 e. The van der Waals surface area contributed by atoms with Crippen LogP contribution >= 0.6 is 0 Å². The minimum Gasteiger partial charge on any atom is -0.491 e. The molecule has 1 heterocycles. The molecule has 0 unspecified atom stereocenters. The van der Waals surface area contributed by atoms with Gasteiger partial charge in [-0.1, -0.05) is 6.07 Å². The fourth-order valence-electron chi connectivity index (χ4n) is 1.64. The Morgan fingerprint density at radius 2 is 2.31 bits per heavy atom. The Balaban J connectivity index is 1.84. The molecule has 1 saturated heterocycles. The van der Waals surface area contributed by atoms with Gasteiger partial charge in [-0.05, 0) is 26.0 Å². The van der Waals surface area contributed by atoms with Gasteiger partial charge in [0.05, 0.1) is 6.61 Å². The lowest BCUT2D eigenvalue weighted by Gasteiger charge is -2.17. The van der Waals surface area contributed by atoms with Gasteiger partial charge in [0.15, 0.2) is 5.79 Å². The summed E-state index contributed by atoms with van der Waals surface area (Å²) in [5.74, 6) is 0.261. The molecule has 1 fully saturated rings. The molecule has 1 aliphatic heterocycles. The number of hydrogen-bond acceptors (Lipinski definition) is 4. The highest BCUT2D eigenvalue weighted by molar-refractivity contribution is 5.43. The van der Waals surface area contributed by atoms with Crippen molar-refractivity contribution in [2.24, 2.45) is 0 Å². The molecular weight excluding hydrogens is 206 g/mol. The average Bonchev–Trinajstić information content (AvgIpc) is 2.56. The zero-order valence-electron chi connectivity index (χ0n) is 9.60. The lowest BCUT2D eigenvalue weighted by molar-refractivity contribution is -0.141. The molecule has 0 amide bonds. The Labute approximate surface area is 95.3 Å². The molecule has 4 heteroatoms. The van der Waals surface area contributed by atoms with Crippen molar-refractivity contribution >= 4 is 5.69 Å². The van der Waals surface area contributed by atoms with Crippen molar-refractivity contribution in [3.8, 4) is 5.75 Å². The summed E-state index contributed by atoms with van der Waals surface area (Å²) in [6, 6.07) is 7.35. The standard InChI is InChI=1S/C12H17NO3/c1-12(2)15-8-11(16-12)7-14-10-5-3-4-9(13)6-10/h3-6,11H,7-8,13H2,1-2H3/t11-/m1/s1. The molecule has 16 heavy (non-hydrogen) atoms. The van der Waals surface area contributed by atoms with Gasteiger partial charge in [-0.2, -0.15) is 0 Å². The summed E-state index contributed by atoms with van der Waals surface area (Å²) in [4.78, 5) is 0. The van der Waals surface area contributed by atoms with Gasteiger partial charge in [-0.15, -0.1) is 0 Å². The van der Waals surface area contributed by atoms with E-state index in [-0.39, 0.29) is 6.10 Å². The van der Waals surface area contributed by atoms with Gasteiger partial charge in [0.2, 0.25) is 0 Å². The average molecular weight is 223 g/mol. The van der Waals surface area contributed by atoms with E-state index in [2.05, 4.69) is 0 Å². The summed E-state index contributed by atoms with van der Waals surface area (Å²) < 4.78 is 16.6. The van der Waals surface area contributed by atoms with Crippen LogP contribution in [-0.2, 0) is 9.47 Å². The summed E-state index contributed by atoms with van der Waals surface area (Å²) in [7, 11) is 0. The molecule has 0 radical (unpaired) electrons. The smallest absolute Gasteiger partial charge is 0.163 e. The molecular formula is C12H17NO3. The van der Waals surface area contributed by atoms with E-state index in [4.69, 9.17) is 19.9 Å². The van der Waals surface area contributed by atoms with Gasteiger partial charge in [0.25, 0.3) is 0 Å². The number of hydrogen-bond donors (Lipinski definition) is 1. The third-order valence-electron chi connectivity index (χ3n) is 2.36. The van der Waals surface area contributed by atoms with Crippen molar-refractivity contribution in [1.82, 2.24) is 0 Å². The Kier molecular flexibility index (Phi) is 3.03. The first-order valence-electron chi connectivity index (χ1n) is 5.35. The molecule has 2 N–H and O–H groups in total. The van der Waals surface area contributed by atoms with Crippen molar-refractivity contribution in [3.63, 3.8) is 0 Å². The second kappa shape index (κ2) is 4.31. The van der Waals surface area contributed by atoms with Gasteiger partial charge in [-0.3, -0.25) is 0 Å². The first-order chi connectivity index (χ1) is 7.55. The van der Waals surface area contributed by atoms with E-state index >= 15 is 0 Å². The van der Waals surface area contributed by atoms with E-state index in [1.54, 1.807) is 6.07 Å². The van der Waals surface area contributed by atoms with Crippen molar-refractivity contribution in [3.05, 3.63) is 24.3 Å². The summed E-state index contributed by atoms with van der Waals surface area (Å²) in [5, 5.41) is 0. The van der Waals surface area contributed by atoms with E-state index in [0.717, 1.165) is 5.75 Å². The second-order valence-corrected chi connectivity index (χ2v) is 4.33. The Hall–Kier alpha value is -1.26. The first kappa shape index (κ1) is 11.2. The van der Waals surface area contributed by atoms with E-state index < -0.39 is 5.79 Å². The summed E-state index contributed by atoms with van der Waals surface area (Å²) in [6.07, 6.45) is -0.0172. The Morgan fingerprint density at radius 1 is 1.50 bits per heavy atom. The maximum atomic E-state index is 5.65. The number of ether oxygens (including phenoxy) is 3. The van der Waals surface area contributed by atoms with Crippen LogP contribution in [0.5, 0.6) is 5.75 Å². The molecule has 88 valence electrons. The number of anilines is 1. The highest BCUT2D eigenvalue weighted by atomic mass is 16.7. The number of rotatable bonds is 3. The minimum absolute atomic E-state index is 0.0172. The van der Waals surface area contributed by atoms with E-state index in [9.17, 15) is 0 Å². The van der Waals surface area contributed by atoms with Gasteiger partial charge in [-0.25, -0.2) is 0 Å². The molecule has 0 bridgehead atoms. The molecule has 4 nitrogen and oxygen atoms in total. The van der Waals surface area contributed by atoms with Crippen LogP contribution in [0.3, 0.4) is 0 Å². The SMILES string of the molecule is CC1(C)OC[C@@H](COc2cccc(N)c2)O1. The Morgan fingerprint density at radius 3 is 2.94 bits per heavy atom. The minimum atomic E-state index is -0.496. The fraction of sp³-hybridized carbons (Fsp3) is 0.500. The zero-order chi connectivity index (χ0) is 11.6. The van der Waals surface area contributed by atoms with Crippen molar-refractivity contribution in [2.75, 3.05) is 18.9 Å². The molecule has 1 aromatic carbocycles.